The van der Waals surface area contributed by atoms with E-state index in [1.807, 2.05) is 0 Å². The number of para-hydroxylation sites is 2. The minimum Gasteiger partial charge on any atom is -0.493 e. The second-order valence-corrected chi connectivity index (χ2v) is 4.91. The predicted octanol–water partition coefficient (Wildman–Crippen LogP) is 1.98. The number of nitrogens with one attached hydrogen (secondary N) is 1. The SMILES string of the molecule is COc1ccccc1OCC(=O)NC(C(=O)Cl)C(C)C. The maximum atomic E-state index is 11.7. The van der Waals surface area contributed by atoms with E-state index in [-0.39, 0.29) is 12.5 Å². The van der Waals surface area contributed by atoms with Gasteiger partial charge in [0, 0.05) is 0 Å². The summed E-state index contributed by atoms with van der Waals surface area (Å²) in [4.78, 5) is 22.9. The van der Waals surface area contributed by atoms with Crippen molar-refractivity contribution in [1.29, 1.82) is 0 Å². The Morgan fingerprint density at radius 3 is 2.35 bits per heavy atom. The van der Waals surface area contributed by atoms with Crippen LogP contribution >= 0.6 is 11.6 Å². The van der Waals surface area contributed by atoms with E-state index in [1.54, 1.807) is 38.1 Å². The molecule has 0 aliphatic carbocycles. The van der Waals surface area contributed by atoms with Crippen LogP contribution in [0.5, 0.6) is 11.5 Å². The Hall–Kier alpha value is -1.75. The van der Waals surface area contributed by atoms with Gasteiger partial charge in [0.2, 0.25) is 5.24 Å². The molecule has 0 fully saturated rings. The largest absolute Gasteiger partial charge is 0.493 e. The summed E-state index contributed by atoms with van der Waals surface area (Å²) in [5.74, 6) is 0.497. The summed E-state index contributed by atoms with van der Waals surface area (Å²) in [5, 5.41) is 1.95. The lowest BCUT2D eigenvalue weighted by molar-refractivity contribution is -0.127. The fourth-order valence-electron chi connectivity index (χ4n) is 1.58. The summed E-state index contributed by atoms with van der Waals surface area (Å²) >= 11 is 5.43. The molecule has 6 heteroatoms. The minimum atomic E-state index is -0.717. The van der Waals surface area contributed by atoms with Crippen molar-refractivity contribution in [3.05, 3.63) is 24.3 Å². The molecule has 1 aromatic carbocycles. The van der Waals surface area contributed by atoms with Crippen molar-refractivity contribution in [2.45, 2.75) is 19.9 Å². The van der Waals surface area contributed by atoms with Crippen LogP contribution in [0.1, 0.15) is 13.8 Å². The highest BCUT2D eigenvalue weighted by molar-refractivity contribution is 6.64. The summed E-state index contributed by atoms with van der Waals surface area (Å²) in [6.07, 6.45) is 0. The molecule has 1 rings (SSSR count). The number of halogens is 1. The highest BCUT2D eigenvalue weighted by Gasteiger charge is 2.22. The van der Waals surface area contributed by atoms with Crippen LogP contribution in [-0.2, 0) is 9.59 Å². The Balaban J connectivity index is 2.57. The summed E-state index contributed by atoms with van der Waals surface area (Å²) in [6, 6.07) is 6.28. The summed E-state index contributed by atoms with van der Waals surface area (Å²) < 4.78 is 10.5. The molecule has 0 aliphatic rings. The zero-order valence-electron chi connectivity index (χ0n) is 11.7. The number of hydrogen-bond donors (Lipinski definition) is 1. The zero-order valence-corrected chi connectivity index (χ0v) is 12.4. The lowest BCUT2D eigenvalue weighted by Gasteiger charge is -2.18. The van der Waals surface area contributed by atoms with Crippen LogP contribution in [0, 0.1) is 5.92 Å². The van der Waals surface area contributed by atoms with Crippen molar-refractivity contribution in [3.63, 3.8) is 0 Å². The van der Waals surface area contributed by atoms with E-state index >= 15 is 0 Å². The molecule has 0 heterocycles. The van der Waals surface area contributed by atoms with E-state index in [4.69, 9.17) is 21.1 Å². The first kappa shape index (κ1) is 16.3. The van der Waals surface area contributed by atoms with E-state index in [1.165, 1.54) is 7.11 Å². The molecule has 0 saturated carbocycles. The van der Waals surface area contributed by atoms with Gasteiger partial charge in [0.05, 0.1) is 7.11 Å². The third-order valence-corrected chi connectivity index (χ3v) is 2.89. The Morgan fingerprint density at radius 2 is 1.85 bits per heavy atom. The van der Waals surface area contributed by atoms with Crippen LogP contribution in [0.4, 0.5) is 0 Å². The normalized spacial score (nSPS) is 11.8. The molecule has 1 N–H and O–H groups in total. The van der Waals surface area contributed by atoms with Crippen molar-refractivity contribution >= 4 is 22.8 Å². The maximum absolute atomic E-state index is 11.7. The first-order valence-corrected chi connectivity index (χ1v) is 6.58. The van der Waals surface area contributed by atoms with Crippen molar-refractivity contribution in [3.8, 4) is 11.5 Å². The number of carbonyl (C=O) groups excluding carboxylic acids is 2. The lowest BCUT2D eigenvalue weighted by atomic mass is 10.1. The number of ether oxygens (including phenoxy) is 2. The summed E-state index contributed by atoms with van der Waals surface area (Å²) in [6.45, 7) is 3.38. The molecule has 110 valence electrons. The van der Waals surface area contributed by atoms with Crippen LogP contribution in [0.25, 0.3) is 0 Å². The van der Waals surface area contributed by atoms with Gasteiger partial charge in [0.15, 0.2) is 18.1 Å². The van der Waals surface area contributed by atoms with Crippen LogP contribution in [-0.4, -0.2) is 30.9 Å². The number of methoxy groups -OCH3 is 1. The number of amides is 1. The van der Waals surface area contributed by atoms with Gasteiger partial charge in [-0.1, -0.05) is 26.0 Å². The van der Waals surface area contributed by atoms with Crippen LogP contribution < -0.4 is 14.8 Å². The molecule has 1 amide bonds. The molecule has 0 aromatic heterocycles. The molecule has 0 bridgehead atoms. The predicted molar refractivity (Wildman–Crippen MR) is 76.1 cm³/mol. The van der Waals surface area contributed by atoms with E-state index in [0.29, 0.717) is 11.5 Å². The highest BCUT2D eigenvalue weighted by atomic mass is 35.5. The second-order valence-electron chi connectivity index (χ2n) is 4.53. The Labute approximate surface area is 123 Å². The average molecular weight is 300 g/mol. The molecule has 0 aliphatic heterocycles. The number of benzene rings is 1. The van der Waals surface area contributed by atoms with Crippen molar-refractivity contribution in [2.24, 2.45) is 5.92 Å². The van der Waals surface area contributed by atoms with Crippen molar-refractivity contribution in [1.82, 2.24) is 5.32 Å². The van der Waals surface area contributed by atoms with Gasteiger partial charge < -0.3 is 14.8 Å². The maximum Gasteiger partial charge on any atom is 0.258 e. The number of rotatable bonds is 7. The zero-order chi connectivity index (χ0) is 15.1. The van der Waals surface area contributed by atoms with E-state index in [0.717, 1.165) is 0 Å². The molecule has 1 aromatic rings. The van der Waals surface area contributed by atoms with Gasteiger partial charge >= 0.3 is 0 Å². The van der Waals surface area contributed by atoms with Crippen molar-refractivity contribution < 1.29 is 19.1 Å². The molecule has 1 unspecified atom stereocenters. The fourth-order valence-corrected chi connectivity index (χ4v) is 1.89. The third kappa shape index (κ3) is 4.74. The first-order chi connectivity index (χ1) is 9.45. The summed E-state index contributed by atoms with van der Waals surface area (Å²) in [7, 11) is 1.52. The smallest absolute Gasteiger partial charge is 0.258 e. The van der Waals surface area contributed by atoms with Gasteiger partial charge in [0.25, 0.3) is 5.91 Å². The molecule has 0 radical (unpaired) electrons. The van der Waals surface area contributed by atoms with Crippen LogP contribution in [0.2, 0.25) is 0 Å². The minimum absolute atomic E-state index is 0.0878. The number of carbonyl (C=O) groups is 2. The topological polar surface area (TPSA) is 64.6 Å². The molecular formula is C14H18ClNO4. The number of hydrogen-bond acceptors (Lipinski definition) is 4. The lowest BCUT2D eigenvalue weighted by Crippen LogP contribution is -2.44. The fraction of sp³-hybridized carbons (Fsp3) is 0.429. The monoisotopic (exact) mass is 299 g/mol. The van der Waals surface area contributed by atoms with Gasteiger partial charge in [-0.3, -0.25) is 9.59 Å². The summed E-state index contributed by atoms with van der Waals surface area (Å²) in [5.41, 5.74) is 0. The van der Waals surface area contributed by atoms with Crippen molar-refractivity contribution in [2.75, 3.05) is 13.7 Å². The van der Waals surface area contributed by atoms with E-state index in [9.17, 15) is 9.59 Å². The average Bonchev–Trinajstić information content (AvgIpc) is 2.42. The Bertz CT molecular complexity index is 476. The Morgan fingerprint density at radius 1 is 1.25 bits per heavy atom. The third-order valence-electron chi connectivity index (χ3n) is 2.66. The highest BCUT2D eigenvalue weighted by Crippen LogP contribution is 2.25. The molecule has 1 atom stereocenters. The van der Waals surface area contributed by atoms with Crippen LogP contribution in [0.3, 0.4) is 0 Å². The Kier molecular flexibility index (Phi) is 6.31. The van der Waals surface area contributed by atoms with Gasteiger partial charge in [-0.25, -0.2) is 0 Å². The van der Waals surface area contributed by atoms with E-state index < -0.39 is 17.2 Å². The molecule has 20 heavy (non-hydrogen) atoms. The molecule has 0 saturated heterocycles. The molecule has 0 spiro atoms. The first-order valence-electron chi connectivity index (χ1n) is 6.20. The second kappa shape index (κ2) is 7.75. The van der Waals surface area contributed by atoms with E-state index in [2.05, 4.69) is 5.32 Å². The van der Waals surface area contributed by atoms with Gasteiger partial charge in [-0.05, 0) is 29.7 Å². The standard InChI is InChI=1S/C14H18ClNO4/c1-9(2)13(14(15)18)16-12(17)8-20-11-7-5-4-6-10(11)19-3/h4-7,9,13H,8H2,1-3H3,(H,16,17). The van der Waals surface area contributed by atoms with Gasteiger partial charge in [-0.2, -0.15) is 0 Å². The van der Waals surface area contributed by atoms with Gasteiger partial charge in [0.1, 0.15) is 6.04 Å². The quantitative estimate of drug-likeness (QED) is 0.782. The molecule has 5 nitrogen and oxygen atoms in total. The van der Waals surface area contributed by atoms with Crippen LogP contribution in [0.15, 0.2) is 24.3 Å². The van der Waals surface area contributed by atoms with Gasteiger partial charge in [-0.15, -0.1) is 0 Å². The molecular weight excluding hydrogens is 282 g/mol.